The summed E-state index contributed by atoms with van der Waals surface area (Å²) >= 11 is 9.35. The normalized spacial score (nSPS) is 10.1. The van der Waals surface area contributed by atoms with Gasteiger partial charge in [0, 0.05) is 17.6 Å². The molecule has 0 heterocycles. The van der Waals surface area contributed by atoms with Gasteiger partial charge in [-0.25, -0.2) is 0 Å². The maximum Gasteiger partial charge on any atom is 0.256 e. The van der Waals surface area contributed by atoms with Gasteiger partial charge in [0.05, 0.1) is 10.6 Å². The SMILES string of the molecule is CCN(CC)C(=O)c1c(Cl)cccc1Br. The quantitative estimate of drug-likeness (QED) is 0.833. The summed E-state index contributed by atoms with van der Waals surface area (Å²) in [5, 5.41) is 0.487. The molecule has 0 N–H and O–H groups in total. The number of amides is 1. The number of rotatable bonds is 3. The Hall–Kier alpha value is -0.540. The van der Waals surface area contributed by atoms with Crippen molar-refractivity contribution in [2.24, 2.45) is 0 Å². The summed E-state index contributed by atoms with van der Waals surface area (Å²) in [6.45, 7) is 5.28. The van der Waals surface area contributed by atoms with Gasteiger partial charge in [-0.15, -0.1) is 0 Å². The van der Waals surface area contributed by atoms with Crippen molar-refractivity contribution in [1.29, 1.82) is 0 Å². The van der Waals surface area contributed by atoms with E-state index in [4.69, 9.17) is 11.6 Å². The lowest BCUT2D eigenvalue weighted by atomic mass is 10.2. The van der Waals surface area contributed by atoms with Crippen LogP contribution < -0.4 is 0 Å². The highest BCUT2D eigenvalue weighted by Crippen LogP contribution is 2.25. The lowest BCUT2D eigenvalue weighted by Gasteiger charge is -2.19. The average molecular weight is 291 g/mol. The predicted molar refractivity (Wildman–Crippen MR) is 66.4 cm³/mol. The molecule has 0 aliphatic rings. The van der Waals surface area contributed by atoms with Crippen LogP contribution in [0.4, 0.5) is 0 Å². The van der Waals surface area contributed by atoms with Gasteiger partial charge in [0.15, 0.2) is 0 Å². The Morgan fingerprint density at radius 1 is 1.40 bits per heavy atom. The van der Waals surface area contributed by atoms with Gasteiger partial charge in [0.2, 0.25) is 0 Å². The second-order valence-corrected chi connectivity index (χ2v) is 4.34. The van der Waals surface area contributed by atoms with Crippen molar-refractivity contribution in [1.82, 2.24) is 4.90 Å². The van der Waals surface area contributed by atoms with Gasteiger partial charge in [-0.05, 0) is 41.9 Å². The smallest absolute Gasteiger partial charge is 0.256 e. The van der Waals surface area contributed by atoms with Gasteiger partial charge in [0.1, 0.15) is 0 Å². The molecule has 0 atom stereocenters. The van der Waals surface area contributed by atoms with E-state index in [9.17, 15) is 4.79 Å². The molecule has 0 fully saturated rings. The molecule has 1 rings (SSSR count). The molecule has 82 valence electrons. The Balaban J connectivity index is 3.10. The van der Waals surface area contributed by atoms with Crippen LogP contribution in [0.15, 0.2) is 22.7 Å². The first kappa shape index (κ1) is 12.5. The van der Waals surface area contributed by atoms with Gasteiger partial charge in [-0.2, -0.15) is 0 Å². The zero-order valence-corrected chi connectivity index (χ0v) is 11.1. The minimum Gasteiger partial charge on any atom is -0.339 e. The summed E-state index contributed by atoms with van der Waals surface area (Å²) in [6, 6.07) is 5.36. The van der Waals surface area contributed by atoms with E-state index in [-0.39, 0.29) is 5.91 Å². The molecule has 0 bridgehead atoms. The molecular weight excluding hydrogens is 277 g/mol. The Bertz CT molecular complexity index is 343. The maximum atomic E-state index is 12.1. The third-order valence-electron chi connectivity index (χ3n) is 2.23. The molecule has 0 radical (unpaired) electrons. The molecule has 0 saturated heterocycles. The number of nitrogens with zero attached hydrogens (tertiary/aromatic N) is 1. The lowest BCUT2D eigenvalue weighted by molar-refractivity contribution is 0.0772. The Morgan fingerprint density at radius 3 is 2.47 bits per heavy atom. The van der Waals surface area contributed by atoms with E-state index in [2.05, 4.69) is 15.9 Å². The van der Waals surface area contributed by atoms with Crippen LogP contribution in [0.5, 0.6) is 0 Å². The van der Waals surface area contributed by atoms with Crippen molar-refractivity contribution in [3.05, 3.63) is 33.3 Å². The van der Waals surface area contributed by atoms with E-state index in [0.717, 1.165) is 4.47 Å². The van der Waals surface area contributed by atoms with Crippen LogP contribution in [0, 0.1) is 0 Å². The molecular formula is C11H13BrClNO. The number of hydrogen-bond acceptors (Lipinski definition) is 1. The van der Waals surface area contributed by atoms with E-state index >= 15 is 0 Å². The van der Waals surface area contributed by atoms with Gasteiger partial charge >= 0.3 is 0 Å². The maximum absolute atomic E-state index is 12.1. The molecule has 15 heavy (non-hydrogen) atoms. The van der Waals surface area contributed by atoms with Gasteiger partial charge < -0.3 is 4.90 Å². The number of hydrogen-bond donors (Lipinski definition) is 0. The van der Waals surface area contributed by atoms with Crippen molar-refractivity contribution in [2.45, 2.75) is 13.8 Å². The zero-order chi connectivity index (χ0) is 11.4. The largest absolute Gasteiger partial charge is 0.339 e. The molecule has 4 heteroatoms. The summed E-state index contributed by atoms with van der Waals surface area (Å²) in [5.74, 6) is -0.0301. The summed E-state index contributed by atoms with van der Waals surface area (Å²) in [5.41, 5.74) is 0.544. The van der Waals surface area contributed by atoms with Crippen LogP contribution in [-0.2, 0) is 0 Å². The molecule has 1 aromatic carbocycles. The minimum absolute atomic E-state index is 0.0301. The highest BCUT2D eigenvalue weighted by molar-refractivity contribution is 9.10. The minimum atomic E-state index is -0.0301. The van der Waals surface area contributed by atoms with E-state index < -0.39 is 0 Å². The molecule has 0 unspecified atom stereocenters. The van der Waals surface area contributed by atoms with E-state index in [1.54, 1.807) is 11.0 Å². The summed E-state index contributed by atoms with van der Waals surface area (Å²) < 4.78 is 0.743. The third kappa shape index (κ3) is 2.73. The van der Waals surface area contributed by atoms with Crippen molar-refractivity contribution in [3.63, 3.8) is 0 Å². The molecule has 1 aromatic rings. The molecule has 0 aliphatic heterocycles. The first-order chi connectivity index (χ1) is 7.11. The molecule has 2 nitrogen and oxygen atoms in total. The first-order valence-corrected chi connectivity index (χ1v) is 6.02. The van der Waals surface area contributed by atoms with Crippen LogP contribution in [0.1, 0.15) is 24.2 Å². The second-order valence-electron chi connectivity index (χ2n) is 3.07. The highest BCUT2D eigenvalue weighted by Gasteiger charge is 2.18. The Morgan fingerprint density at radius 2 is 2.00 bits per heavy atom. The fraction of sp³-hybridized carbons (Fsp3) is 0.364. The lowest BCUT2D eigenvalue weighted by Crippen LogP contribution is -2.30. The van der Waals surface area contributed by atoms with Crippen LogP contribution in [0.2, 0.25) is 5.02 Å². The third-order valence-corrected chi connectivity index (χ3v) is 3.20. The van der Waals surface area contributed by atoms with Crippen LogP contribution in [0.3, 0.4) is 0 Å². The number of carbonyl (C=O) groups excluding carboxylic acids is 1. The van der Waals surface area contributed by atoms with E-state index in [0.29, 0.717) is 23.7 Å². The summed E-state index contributed by atoms with van der Waals surface area (Å²) in [4.78, 5) is 13.8. The Labute approximate surface area is 103 Å². The van der Waals surface area contributed by atoms with Crippen molar-refractivity contribution in [3.8, 4) is 0 Å². The van der Waals surface area contributed by atoms with E-state index in [1.165, 1.54) is 0 Å². The van der Waals surface area contributed by atoms with Gasteiger partial charge in [-0.3, -0.25) is 4.79 Å². The number of halogens is 2. The van der Waals surface area contributed by atoms with Gasteiger partial charge in [0.25, 0.3) is 5.91 Å². The van der Waals surface area contributed by atoms with Crippen molar-refractivity contribution < 1.29 is 4.79 Å². The van der Waals surface area contributed by atoms with Crippen LogP contribution >= 0.6 is 27.5 Å². The predicted octanol–water partition coefficient (Wildman–Crippen LogP) is 3.58. The molecule has 0 aromatic heterocycles. The number of carbonyl (C=O) groups is 1. The molecule has 1 amide bonds. The van der Waals surface area contributed by atoms with Crippen LogP contribution in [-0.4, -0.2) is 23.9 Å². The van der Waals surface area contributed by atoms with Crippen molar-refractivity contribution >= 4 is 33.4 Å². The molecule has 0 aliphatic carbocycles. The van der Waals surface area contributed by atoms with Crippen LogP contribution in [0.25, 0.3) is 0 Å². The first-order valence-electron chi connectivity index (χ1n) is 4.85. The number of benzene rings is 1. The fourth-order valence-corrected chi connectivity index (χ4v) is 2.28. The van der Waals surface area contributed by atoms with E-state index in [1.807, 2.05) is 26.0 Å². The Kier molecular flexibility index (Phi) is 4.61. The zero-order valence-electron chi connectivity index (χ0n) is 8.76. The molecule has 0 saturated carbocycles. The summed E-state index contributed by atoms with van der Waals surface area (Å²) in [7, 11) is 0. The second kappa shape index (κ2) is 5.52. The van der Waals surface area contributed by atoms with Crippen molar-refractivity contribution in [2.75, 3.05) is 13.1 Å². The molecule has 0 spiro atoms. The average Bonchev–Trinajstić information content (AvgIpc) is 2.19. The summed E-state index contributed by atoms with van der Waals surface area (Å²) in [6.07, 6.45) is 0. The van der Waals surface area contributed by atoms with Gasteiger partial charge in [-0.1, -0.05) is 17.7 Å². The monoisotopic (exact) mass is 289 g/mol. The topological polar surface area (TPSA) is 20.3 Å². The fourth-order valence-electron chi connectivity index (χ4n) is 1.37. The standard InChI is InChI=1S/C11H13BrClNO/c1-3-14(4-2)11(15)10-8(12)6-5-7-9(10)13/h5-7H,3-4H2,1-2H3. The highest BCUT2D eigenvalue weighted by atomic mass is 79.9.